The van der Waals surface area contributed by atoms with E-state index in [-0.39, 0.29) is 16.2 Å². The number of carboxylic acid groups (broad SMARTS) is 1. The van der Waals surface area contributed by atoms with Crippen molar-refractivity contribution < 1.29 is 18.3 Å². The second-order valence-electron chi connectivity index (χ2n) is 5.28. The van der Waals surface area contributed by atoms with Gasteiger partial charge >= 0.3 is 5.97 Å². The van der Waals surface area contributed by atoms with Gasteiger partial charge in [0.15, 0.2) is 0 Å². The van der Waals surface area contributed by atoms with Crippen LogP contribution >= 0.6 is 0 Å². The molecule has 0 aliphatic heterocycles. The number of aromatic carboxylic acids is 1. The molecular weight excluding hydrogens is 280 g/mol. The van der Waals surface area contributed by atoms with Crippen LogP contribution in [-0.4, -0.2) is 41.9 Å². The van der Waals surface area contributed by atoms with Crippen LogP contribution in [0.2, 0.25) is 0 Å². The van der Waals surface area contributed by atoms with Crippen molar-refractivity contribution in [1.29, 1.82) is 0 Å². The Hall–Kier alpha value is -1.34. The van der Waals surface area contributed by atoms with Crippen LogP contribution in [0.5, 0.6) is 0 Å². The fraction of sp³-hybridized carbons (Fsp3) is 0.615. The lowest BCUT2D eigenvalue weighted by Crippen LogP contribution is -2.33. The van der Waals surface area contributed by atoms with E-state index in [1.54, 1.807) is 13.8 Å². The molecule has 0 amide bonds. The van der Waals surface area contributed by atoms with Gasteiger partial charge < -0.3 is 10.1 Å². The zero-order valence-corrected chi connectivity index (χ0v) is 12.7. The fourth-order valence-corrected chi connectivity index (χ4v) is 4.38. The Balaban J connectivity index is 2.44. The van der Waals surface area contributed by atoms with Crippen LogP contribution < -0.4 is 0 Å². The second-order valence-corrected chi connectivity index (χ2v) is 7.16. The third-order valence-corrected chi connectivity index (χ3v) is 5.91. The molecular formula is C13H20N2O4S. The van der Waals surface area contributed by atoms with Crippen molar-refractivity contribution >= 4 is 16.0 Å². The SMILES string of the molecule is CCN(CC1CC1)S(=O)(=O)c1c(C)[nH]c(C(=O)O)c1C. The molecule has 7 heteroatoms. The van der Waals surface area contributed by atoms with Gasteiger partial charge in [0.1, 0.15) is 10.6 Å². The maximum absolute atomic E-state index is 12.7. The summed E-state index contributed by atoms with van der Waals surface area (Å²) < 4.78 is 26.9. The molecule has 1 heterocycles. The number of aromatic nitrogens is 1. The molecule has 1 aromatic heterocycles. The lowest BCUT2D eigenvalue weighted by atomic mass is 10.2. The molecule has 0 atom stereocenters. The Bertz CT molecular complexity index is 629. The molecule has 1 fully saturated rings. The van der Waals surface area contributed by atoms with Crippen LogP contribution in [0.1, 0.15) is 41.5 Å². The lowest BCUT2D eigenvalue weighted by Gasteiger charge is -2.20. The number of nitrogens with zero attached hydrogens (tertiary/aromatic N) is 1. The predicted molar refractivity (Wildman–Crippen MR) is 74.4 cm³/mol. The number of hydrogen-bond donors (Lipinski definition) is 2. The Morgan fingerprint density at radius 1 is 1.40 bits per heavy atom. The number of carbonyl (C=O) groups is 1. The average Bonchev–Trinajstić information content (AvgIpc) is 3.10. The highest BCUT2D eigenvalue weighted by Gasteiger charge is 2.34. The van der Waals surface area contributed by atoms with Crippen molar-refractivity contribution in [2.45, 2.75) is 38.5 Å². The molecule has 1 aliphatic rings. The highest BCUT2D eigenvalue weighted by Crippen LogP contribution is 2.33. The summed E-state index contributed by atoms with van der Waals surface area (Å²) in [6, 6.07) is 0. The molecule has 2 N–H and O–H groups in total. The van der Waals surface area contributed by atoms with Gasteiger partial charge in [-0.25, -0.2) is 13.2 Å². The molecule has 6 nitrogen and oxygen atoms in total. The summed E-state index contributed by atoms with van der Waals surface area (Å²) in [6.45, 7) is 5.84. The largest absolute Gasteiger partial charge is 0.477 e. The molecule has 0 spiro atoms. The number of rotatable bonds is 6. The molecule has 0 radical (unpaired) electrons. The molecule has 112 valence electrons. The van der Waals surface area contributed by atoms with Gasteiger partial charge in [-0.15, -0.1) is 0 Å². The molecule has 2 rings (SSSR count). The van der Waals surface area contributed by atoms with Crippen molar-refractivity contribution in [2.24, 2.45) is 5.92 Å². The normalized spacial score (nSPS) is 15.8. The van der Waals surface area contributed by atoms with Crippen LogP contribution in [0.3, 0.4) is 0 Å². The van der Waals surface area contributed by atoms with E-state index in [9.17, 15) is 13.2 Å². The van der Waals surface area contributed by atoms with E-state index in [0.29, 0.717) is 24.7 Å². The first-order valence-corrected chi connectivity index (χ1v) is 8.15. The minimum absolute atomic E-state index is 0.0523. The van der Waals surface area contributed by atoms with E-state index in [1.807, 2.05) is 0 Å². The number of aromatic amines is 1. The van der Waals surface area contributed by atoms with E-state index < -0.39 is 16.0 Å². The van der Waals surface area contributed by atoms with Gasteiger partial charge in [0.25, 0.3) is 0 Å². The van der Waals surface area contributed by atoms with Crippen LogP contribution in [0, 0.1) is 19.8 Å². The maximum Gasteiger partial charge on any atom is 0.352 e. The van der Waals surface area contributed by atoms with E-state index in [4.69, 9.17) is 5.11 Å². The summed E-state index contributed by atoms with van der Waals surface area (Å²) >= 11 is 0. The molecule has 1 saturated carbocycles. The molecule has 0 aromatic carbocycles. The quantitative estimate of drug-likeness (QED) is 0.837. The van der Waals surface area contributed by atoms with E-state index in [1.165, 1.54) is 11.2 Å². The number of hydrogen-bond acceptors (Lipinski definition) is 3. The Morgan fingerprint density at radius 3 is 2.40 bits per heavy atom. The monoisotopic (exact) mass is 300 g/mol. The summed E-state index contributed by atoms with van der Waals surface area (Å²) in [4.78, 5) is 13.9. The van der Waals surface area contributed by atoms with Crippen LogP contribution in [0.25, 0.3) is 0 Å². The Labute approximate surface area is 118 Å². The van der Waals surface area contributed by atoms with E-state index in [2.05, 4.69) is 4.98 Å². The summed E-state index contributed by atoms with van der Waals surface area (Å²) in [5, 5.41) is 9.08. The first-order valence-electron chi connectivity index (χ1n) is 6.71. The smallest absolute Gasteiger partial charge is 0.352 e. The number of H-pyrrole nitrogens is 1. The zero-order valence-electron chi connectivity index (χ0n) is 11.9. The first kappa shape index (κ1) is 15.1. The van der Waals surface area contributed by atoms with Gasteiger partial charge in [0, 0.05) is 24.3 Å². The molecule has 1 aromatic rings. The standard InChI is InChI=1S/C13H20N2O4S/c1-4-15(7-10-5-6-10)20(18,19)12-8(2)11(13(16)17)14-9(12)3/h10,14H,4-7H2,1-3H3,(H,16,17). The van der Waals surface area contributed by atoms with Crippen LogP contribution in [-0.2, 0) is 10.0 Å². The number of sulfonamides is 1. The van der Waals surface area contributed by atoms with Gasteiger partial charge in [0.05, 0.1) is 0 Å². The molecule has 1 aliphatic carbocycles. The minimum Gasteiger partial charge on any atom is -0.477 e. The van der Waals surface area contributed by atoms with E-state index in [0.717, 1.165) is 12.8 Å². The van der Waals surface area contributed by atoms with Gasteiger partial charge in [-0.2, -0.15) is 4.31 Å². The van der Waals surface area contributed by atoms with E-state index >= 15 is 0 Å². The molecule has 0 unspecified atom stereocenters. The van der Waals surface area contributed by atoms with Crippen LogP contribution in [0.4, 0.5) is 0 Å². The first-order chi connectivity index (χ1) is 9.28. The second kappa shape index (κ2) is 5.21. The third kappa shape index (κ3) is 2.60. The Morgan fingerprint density at radius 2 is 2.00 bits per heavy atom. The topological polar surface area (TPSA) is 90.5 Å². The van der Waals surface area contributed by atoms with Crippen molar-refractivity contribution in [3.8, 4) is 0 Å². The highest BCUT2D eigenvalue weighted by atomic mass is 32.2. The van der Waals surface area contributed by atoms with Crippen molar-refractivity contribution in [3.05, 3.63) is 17.0 Å². The molecule has 0 saturated heterocycles. The van der Waals surface area contributed by atoms with Gasteiger partial charge in [-0.05, 0) is 32.6 Å². The van der Waals surface area contributed by atoms with Crippen molar-refractivity contribution in [2.75, 3.05) is 13.1 Å². The van der Waals surface area contributed by atoms with Crippen molar-refractivity contribution in [1.82, 2.24) is 9.29 Å². The van der Waals surface area contributed by atoms with Crippen molar-refractivity contribution in [3.63, 3.8) is 0 Å². The zero-order chi connectivity index (χ0) is 15.1. The highest BCUT2D eigenvalue weighted by molar-refractivity contribution is 7.89. The summed E-state index contributed by atoms with van der Waals surface area (Å²) in [5.74, 6) is -0.694. The molecule has 20 heavy (non-hydrogen) atoms. The summed E-state index contributed by atoms with van der Waals surface area (Å²) in [5.41, 5.74) is 0.613. The third-order valence-electron chi connectivity index (χ3n) is 3.69. The van der Waals surface area contributed by atoms with Gasteiger partial charge in [-0.1, -0.05) is 6.92 Å². The minimum atomic E-state index is -3.64. The number of carboxylic acids is 1. The predicted octanol–water partition coefficient (Wildman–Crippen LogP) is 1.75. The van der Waals surface area contributed by atoms with Gasteiger partial charge in [0.2, 0.25) is 10.0 Å². The number of aryl methyl sites for hydroxylation is 1. The Kier molecular flexibility index (Phi) is 3.93. The average molecular weight is 300 g/mol. The van der Waals surface area contributed by atoms with Gasteiger partial charge in [-0.3, -0.25) is 0 Å². The molecule has 0 bridgehead atoms. The number of nitrogens with one attached hydrogen (secondary N) is 1. The lowest BCUT2D eigenvalue weighted by molar-refractivity contribution is 0.0690. The van der Waals surface area contributed by atoms with Crippen LogP contribution in [0.15, 0.2) is 4.90 Å². The summed E-state index contributed by atoms with van der Waals surface area (Å²) in [7, 11) is -3.64. The summed E-state index contributed by atoms with van der Waals surface area (Å²) in [6.07, 6.45) is 2.13. The maximum atomic E-state index is 12.7. The fourth-order valence-electron chi connectivity index (χ4n) is 2.45.